The van der Waals surface area contributed by atoms with Crippen molar-refractivity contribution in [1.29, 1.82) is 5.26 Å². The minimum absolute atomic E-state index is 0.0801. The first-order valence-electron chi connectivity index (χ1n) is 7.12. The summed E-state index contributed by atoms with van der Waals surface area (Å²) in [5.74, 6) is -0.154. The molecule has 8 heteroatoms. The molecule has 0 saturated heterocycles. The number of hydrogen-bond acceptors (Lipinski definition) is 5. The molecule has 0 aliphatic rings. The third kappa shape index (κ3) is 3.35. The third-order valence-corrected chi connectivity index (χ3v) is 3.67. The smallest absolute Gasteiger partial charge is 0.235 e. The van der Waals surface area contributed by atoms with Crippen molar-refractivity contribution in [2.45, 2.75) is 6.42 Å². The number of aliphatic imine (C=N–C) groups is 1. The zero-order valence-electron chi connectivity index (χ0n) is 13.7. The van der Waals surface area contributed by atoms with Crippen LogP contribution in [0.4, 0.5) is 0 Å². The van der Waals surface area contributed by atoms with E-state index in [1.165, 1.54) is 18.0 Å². The van der Waals surface area contributed by atoms with E-state index in [0.29, 0.717) is 17.0 Å². The number of amides is 1. The van der Waals surface area contributed by atoms with Crippen molar-refractivity contribution in [3.63, 3.8) is 0 Å². The second-order valence-corrected chi connectivity index (χ2v) is 5.20. The van der Waals surface area contributed by atoms with Gasteiger partial charge in [-0.1, -0.05) is 0 Å². The van der Waals surface area contributed by atoms with Gasteiger partial charge in [0.2, 0.25) is 5.91 Å². The molecular formula is C16H18N6O2. The number of hydrogen-bond donors (Lipinski definition) is 2. The number of benzene rings is 1. The molecule has 2 rings (SSSR count). The van der Waals surface area contributed by atoms with Crippen LogP contribution in [-0.2, 0) is 18.3 Å². The molecule has 1 aromatic carbocycles. The molecule has 0 bridgehead atoms. The Bertz CT molecular complexity index is 847. The summed E-state index contributed by atoms with van der Waals surface area (Å²) >= 11 is 0. The summed E-state index contributed by atoms with van der Waals surface area (Å²) < 4.78 is 1.60. The molecule has 0 saturated carbocycles. The van der Waals surface area contributed by atoms with Crippen LogP contribution in [0, 0.1) is 11.3 Å². The van der Waals surface area contributed by atoms with Gasteiger partial charge in [-0.15, -0.1) is 0 Å². The minimum atomic E-state index is -0.212. The molecule has 0 unspecified atom stereocenters. The van der Waals surface area contributed by atoms with Gasteiger partial charge in [-0.25, -0.2) is 0 Å². The van der Waals surface area contributed by atoms with Crippen LogP contribution in [0.5, 0.6) is 5.75 Å². The molecule has 0 spiro atoms. The molecule has 0 aliphatic carbocycles. The lowest BCUT2D eigenvalue weighted by atomic mass is 10.1. The van der Waals surface area contributed by atoms with Crippen molar-refractivity contribution < 1.29 is 9.90 Å². The standard InChI is InChI=1S/C16H18N6O2/c1-19-16(18)21(2)15(24)8-12-7-13(20-22(12)3)10-4-5-14(23)11(6-10)9-17/h4-7,23H,8H2,1-3H3,(H2,18,19). The normalized spacial score (nSPS) is 11.2. The lowest BCUT2D eigenvalue weighted by Gasteiger charge is -2.15. The average Bonchev–Trinajstić information content (AvgIpc) is 2.94. The number of carbonyl (C=O) groups is 1. The number of phenols is 1. The molecule has 2 aromatic rings. The Morgan fingerprint density at radius 2 is 2.21 bits per heavy atom. The Hall–Kier alpha value is -3.34. The summed E-state index contributed by atoms with van der Waals surface area (Å²) in [4.78, 5) is 17.3. The second kappa shape index (κ2) is 6.83. The Balaban J connectivity index is 2.28. The monoisotopic (exact) mass is 326 g/mol. The zero-order valence-corrected chi connectivity index (χ0v) is 13.7. The van der Waals surface area contributed by atoms with E-state index in [1.54, 1.807) is 37.0 Å². The van der Waals surface area contributed by atoms with E-state index < -0.39 is 0 Å². The van der Waals surface area contributed by atoms with Crippen molar-refractivity contribution in [3.05, 3.63) is 35.5 Å². The molecule has 124 valence electrons. The second-order valence-electron chi connectivity index (χ2n) is 5.20. The van der Waals surface area contributed by atoms with Crippen LogP contribution in [0.25, 0.3) is 11.3 Å². The molecule has 1 heterocycles. The summed E-state index contributed by atoms with van der Waals surface area (Å²) in [6.07, 6.45) is 0.111. The number of aromatic hydroxyl groups is 1. The largest absolute Gasteiger partial charge is 0.507 e. The van der Waals surface area contributed by atoms with Gasteiger partial charge in [-0.3, -0.25) is 19.4 Å². The van der Waals surface area contributed by atoms with Gasteiger partial charge in [0.05, 0.1) is 17.7 Å². The van der Waals surface area contributed by atoms with Gasteiger partial charge in [0.1, 0.15) is 11.8 Å². The molecule has 0 radical (unpaired) electrons. The van der Waals surface area contributed by atoms with Crippen LogP contribution in [0.3, 0.4) is 0 Å². The summed E-state index contributed by atoms with van der Waals surface area (Å²) in [6, 6.07) is 8.34. The van der Waals surface area contributed by atoms with E-state index >= 15 is 0 Å². The Kier molecular flexibility index (Phi) is 4.84. The van der Waals surface area contributed by atoms with Gasteiger partial charge in [-0.05, 0) is 24.3 Å². The van der Waals surface area contributed by atoms with E-state index in [9.17, 15) is 9.90 Å². The molecular weight excluding hydrogens is 308 g/mol. The van der Waals surface area contributed by atoms with Crippen LogP contribution >= 0.6 is 0 Å². The van der Waals surface area contributed by atoms with E-state index in [2.05, 4.69) is 10.1 Å². The Morgan fingerprint density at radius 1 is 1.50 bits per heavy atom. The number of phenolic OH excluding ortho intramolecular Hbond substituents is 1. The lowest BCUT2D eigenvalue weighted by Crippen LogP contribution is -2.39. The number of nitrogens with zero attached hydrogens (tertiary/aromatic N) is 5. The van der Waals surface area contributed by atoms with Gasteiger partial charge < -0.3 is 10.8 Å². The fourth-order valence-electron chi connectivity index (χ4n) is 2.15. The quantitative estimate of drug-likeness (QED) is 0.632. The van der Waals surface area contributed by atoms with Crippen molar-refractivity contribution in [2.75, 3.05) is 14.1 Å². The molecule has 1 aromatic heterocycles. The summed E-state index contributed by atoms with van der Waals surface area (Å²) in [5, 5.41) is 22.9. The van der Waals surface area contributed by atoms with Gasteiger partial charge >= 0.3 is 0 Å². The Morgan fingerprint density at radius 3 is 2.83 bits per heavy atom. The number of rotatable bonds is 3. The van der Waals surface area contributed by atoms with Crippen LogP contribution < -0.4 is 5.73 Å². The average molecular weight is 326 g/mol. The van der Waals surface area contributed by atoms with Gasteiger partial charge in [0.15, 0.2) is 5.96 Å². The van der Waals surface area contributed by atoms with Crippen molar-refractivity contribution in [3.8, 4) is 23.1 Å². The predicted octanol–water partition coefficient (Wildman–Crippen LogP) is 0.610. The molecule has 0 fully saturated rings. The summed E-state index contributed by atoms with van der Waals surface area (Å²) in [7, 11) is 4.80. The van der Waals surface area contributed by atoms with Crippen LogP contribution in [-0.4, -0.2) is 45.7 Å². The van der Waals surface area contributed by atoms with E-state index in [4.69, 9.17) is 11.0 Å². The lowest BCUT2D eigenvalue weighted by molar-refractivity contribution is -0.125. The molecule has 8 nitrogen and oxygen atoms in total. The van der Waals surface area contributed by atoms with Crippen LogP contribution in [0.15, 0.2) is 29.3 Å². The molecule has 24 heavy (non-hydrogen) atoms. The molecule has 0 atom stereocenters. The fourth-order valence-corrected chi connectivity index (χ4v) is 2.15. The number of aryl methyl sites for hydroxylation is 1. The first kappa shape index (κ1) is 17.0. The highest BCUT2D eigenvalue weighted by Crippen LogP contribution is 2.25. The maximum absolute atomic E-state index is 12.2. The number of nitriles is 1. The fraction of sp³-hybridized carbons (Fsp3) is 0.250. The first-order valence-corrected chi connectivity index (χ1v) is 7.12. The van der Waals surface area contributed by atoms with E-state index in [-0.39, 0.29) is 29.6 Å². The zero-order chi connectivity index (χ0) is 17.9. The van der Waals surface area contributed by atoms with Gasteiger partial charge in [0.25, 0.3) is 0 Å². The number of guanidine groups is 1. The van der Waals surface area contributed by atoms with Crippen LogP contribution in [0.2, 0.25) is 0 Å². The maximum atomic E-state index is 12.2. The highest BCUT2D eigenvalue weighted by molar-refractivity contribution is 5.96. The summed E-state index contributed by atoms with van der Waals surface area (Å²) in [5.41, 5.74) is 7.78. The SMILES string of the molecule is CN=C(N)N(C)C(=O)Cc1cc(-c2ccc(O)c(C#N)c2)nn1C. The van der Waals surface area contributed by atoms with Gasteiger partial charge in [0, 0.05) is 32.4 Å². The summed E-state index contributed by atoms with van der Waals surface area (Å²) in [6.45, 7) is 0. The molecule has 0 aliphatic heterocycles. The highest BCUT2D eigenvalue weighted by atomic mass is 16.3. The molecule has 1 amide bonds. The number of aromatic nitrogens is 2. The number of carbonyl (C=O) groups excluding carboxylic acids is 1. The minimum Gasteiger partial charge on any atom is -0.507 e. The van der Waals surface area contributed by atoms with Crippen molar-refractivity contribution in [2.24, 2.45) is 17.8 Å². The predicted molar refractivity (Wildman–Crippen MR) is 89.0 cm³/mol. The number of likely N-dealkylation sites (N-methyl/N-ethyl adjacent to an activating group) is 1. The van der Waals surface area contributed by atoms with Crippen molar-refractivity contribution >= 4 is 11.9 Å². The van der Waals surface area contributed by atoms with E-state index in [0.717, 1.165) is 0 Å². The van der Waals surface area contributed by atoms with Crippen molar-refractivity contribution in [1.82, 2.24) is 14.7 Å². The topological polar surface area (TPSA) is 121 Å². The Labute approximate surface area is 139 Å². The first-order chi connectivity index (χ1) is 11.4. The third-order valence-electron chi connectivity index (χ3n) is 3.67. The van der Waals surface area contributed by atoms with E-state index in [1.807, 2.05) is 6.07 Å². The molecule has 3 N–H and O–H groups in total. The number of nitrogens with two attached hydrogens (primary N) is 1. The van der Waals surface area contributed by atoms with Crippen LogP contribution in [0.1, 0.15) is 11.3 Å². The maximum Gasteiger partial charge on any atom is 0.235 e. The highest BCUT2D eigenvalue weighted by Gasteiger charge is 2.16. The van der Waals surface area contributed by atoms with Gasteiger partial charge in [-0.2, -0.15) is 10.4 Å².